The second-order valence-electron chi connectivity index (χ2n) is 4.54. The molecule has 1 amide bonds. The zero-order valence-electron chi connectivity index (χ0n) is 12.0. The Morgan fingerprint density at radius 3 is 2.75 bits per heavy atom. The van der Waals surface area contributed by atoms with Crippen molar-refractivity contribution in [1.29, 1.82) is 0 Å². The van der Waals surface area contributed by atoms with Crippen LogP contribution in [0, 0.1) is 0 Å². The number of rotatable bonds is 7. The number of halogens is 1. The fraction of sp³-hybridized carbons (Fsp3) is 0.500. The number of carbonyl (C=O) groups is 1. The van der Waals surface area contributed by atoms with Crippen LogP contribution in [0.15, 0.2) is 24.3 Å². The average molecular weight is 302 g/mol. The minimum atomic E-state index is -0.503. The highest BCUT2D eigenvalue weighted by molar-refractivity contribution is 5.85. The first-order valence-electron chi connectivity index (χ1n) is 6.48. The fourth-order valence-electron chi connectivity index (χ4n) is 1.78. The minimum Gasteiger partial charge on any atom is -0.497 e. The van der Waals surface area contributed by atoms with Crippen molar-refractivity contribution in [1.82, 2.24) is 5.32 Å². The number of amides is 1. The first kappa shape index (κ1) is 18.7. The van der Waals surface area contributed by atoms with E-state index in [4.69, 9.17) is 16.2 Å². The molecule has 1 unspecified atom stereocenters. The molecule has 0 radical (unpaired) electrons. The van der Waals surface area contributed by atoms with E-state index in [1.165, 1.54) is 0 Å². The third-order valence-electron chi connectivity index (χ3n) is 3.01. The third-order valence-corrected chi connectivity index (χ3v) is 3.01. The van der Waals surface area contributed by atoms with E-state index < -0.39 is 6.04 Å². The van der Waals surface area contributed by atoms with Gasteiger partial charge in [-0.15, -0.1) is 12.4 Å². The van der Waals surface area contributed by atoms with E-state index in [9.17, 15) is 4.79 Å². The molecule has 20 heavy (non-hydrogen) atoms. The van der Waals surface area contributed by atoms with E-state index in [0.717, 1.165) is 17.7 Å². The van der Waals surface area contributed by atoms with Crippen LogP contribution in [0.2, 0.25) is 0 Å². The molecule has 114 valence electrons. The molecule has 5 nitrogen and oxygen atoms in total. The van der Waals surface area contributed by atoms with Gasteiger partial charge >= 0.3 is 0 Å². The number of hydrogen-bond donors (Lipinski definition) is 3. The summed E-state index contributed by atoms with van der Waals surface area (Å²) < 4.78 is 5.16. The van der Waals surface area contributed by atoms with E-state index in [0.29, 0.717) is 13.0 Å². The molecule has 0 heterocycles. The Kier molecular flexibility index (Phi) is 8.96. The lowest BCUT2D eigenvalue weighted by molar-refractivity contribution is -0.123. The van der Waals surface area contributed by atoms with Crippen molar-refractivity contribution in [2.45, 2.75) is 31.8 Å². The van der Waals surface area contributed by atoms with E-state index in [-0.39, 0.29) is 24.4 Å². The predicted octanol–water partition coefficient (Wildman–Crippen LogP) is 1.36. The van der Waals surface area contributed by atoms with Gasteiger partial charge in [0.2, 0.25) is 5.91 Å². The number of nitrogens with one attached hydrogen (secondary N) is 1. The molecule has 0 spiro atoms. The Morgan fingerprint density at radius 2 is 2.15 bits per heavy atom. The largest absolute Gasteiger partial charge is 0.497 e. The lowest BCUT2D eigenvalue weighted by Crippen LogP contribution is -2.41. The van der Waals surface area contributed by atoms with Crippen molar-refractivity contribution in [2.24, 2.45) is 11.5 Å². The van der Waals surface area contributed by atoms with Crippen LogP contribution in [0.5, 0.6) is 5.75 Å². The number of hydrogen-bond acceptors (Lipinski definition) is 4. The van der Waals surface area contributed by atoms with Crippen LogP contribution in [-0.4, -0.2) is 25.6 Å². The first-order valence-corrected chi connectivity index (χ1v) is 6.48. The van der Waals surface area contributed by atoms with E-state index in [1.54, 1.807) is 7.11 Å². The van der Waals surface area contributed by atoms with Gasteiger partial charge < -0.3 is 21.5 Å². The van der Waals surface area contributed by atoms with Gasteiger partial charge in [-0.3, -0.25) is 4.79 Å². The Bertz CT molecular complexity index is 415. The standard InChI is InChI=1S/C14H23N3O2.ClH/c1-10(11-5-3-6-12(9-11)19-2)17-14(18)13(16)7-4-8-15;/h3,5-6,9-10,13H,4,7-8,15-16H2,1-2H3,(H,17,18);1H/t10?,13-;/m0./s1. The van der Waals surface area contributed by atoms with E-state index in [2.05, 4.69) is 5.32 Å². The number of benzene rings is 1. The summed E-state index contributed by atoms with van der Waals surface area (Å²) in [6.45, 7) is 2.47. The normalized spacial score (nSPS) is 13.0. The zero-order chi connectivity index (χ0) is 14.3. The number of methoxy groups -OCH3 is 1. The van der Waals surface area contributed by atoms with Crippen LogP contribution in [0.1, 0.15) is 31.4 Å². The summed E-state index contributed by atoms with van der Waals surface area (Å²) in [5.41, 5.74) is 12.2. The quantitative estimate of drug-likeness (QED) is 0.709. The predicted molar refractivity (Wildman–Crippen MR) is 83.1 cm³/mol. The second kappa shape index (κ2) is 9.58. The molecule has 6 heteroatoms. The molecule has 0 saturated carbocycles. The Morgan fingerprint density at radius 1 is 1.45 bits per heavy atom. The fourth-order valence-corrected chi connectivity index (χ4v) is 1.78. The lowest BCUT2D eigenvalue weighted by atomic mass is 10.1. The summed E-state index contributed by atoms with van der Waals surface area (Å²) in [4.78, 5) is 11.9. The van der Waals surface area contributed by atoms with Crippen molar-refractivity contribution in [3.63, 3.8) is 0 Å². The van der Waals surface area contributed by atoms with Crippen LogP contribution >= 0.6 is 12.4 Å². The molecule has 0 aliphatic carbocycles. The molecule has 5 N–H and O–H groups in total. The highest BCUT2D eigenvalue weighted by atomic mass is 35.5. The van der Waals surface area contributed by atoms with Crippen molar-refractivity contribution in [3.8, 4) is 5.75 Å². The second-order valence-corrected chi connectivity index (χ2v) is 4.54. The molecule has 2 atom stereocenters. The van der Waals surface area contributed by atoms with Crippen LogP contribution in [0.4, 0.5) is 0 Å². The van der Waals surface area contributed by atoms with Crippen molar-refractivity contribution in [3.05, 3.63) is 29.8 Å². The van der Waals surface area contributed by atoms with Crippen molar-refractivity contribution >= 4 is 18.3 Å². The monoisotopic (exact) mass is 301 g/mol. The highest BCUT2D eigenvalue weighted by Crippen LogP contribution is 2.18. The van der Waals surface area contributed by atoms with Crippen molar-refractivity contribution < 1.29 is 9.53 Å². The molecule has 0 aliphatic rings. The molecule has 0 aliphatic heterocycles. The van der Waals surface area contributed by atoms with Gasteiger partial charge in [0.25, 0.3) is 0 Å². The molecule has 1 rings (SSSR count). The molecular formula is C14H24ClN3O2. The number of carbonyl (C=O) groups excluding carboxylic acids is 1. The van der Waals surface area contributed by atoms with Gasteiger partial charge in [0, 0.05) is 0 Å². The molecule has 1 aromatic carbocycles. The third kappa shape index (κ3) is 5.77. The van der Waals surface area contributed by atoms with Gasteiger partial charge in [-0.05, 0) is 44.0 Å². The van der Waals surface area contributed by atoms with E-state index >= 15 is 0 Å². The minimum absolute atomic E-state index is 0. The molecule has 1 aromatic rings. The van der Waals surface area contributed by atoms with Gasteiger partial charge in [0.15, 0.2) is 0 Å². The van der Waals surface area contributed by atoms with Gasteiger partial charge in [-0.2, -0.15) is 0 Å². The maximum Gasteiger partial charge on any atom is 0.237 e. The first-order chi connectivity index (χ1) is 9.08. The number of ether oxygens (including phenoxy) is 1. The Labute approximate surface area is 126 Å². The van der Waals surface area contributed by atoms with Gasteiger partial charge in [-0.25, -0.2) is 0 Å². The molecule has 0 saturated heterocycles. The summed E-state index contributed by atoms with van der Waals surface area (Å²) in [5, 5.41) is 2.90. The topological polar surface area (TPSA) is 90.4 Å². The van der Waals surface area contributed by atoms with Crippen LogP contribution in [-0.2, 0) is 4.79 Å². The molecule has 0 aromatic heterocycles. The summed E-state index contributed by atoms with van der Waals surface area (Å²) >= 11 is 0. The summed E-state index contributed by atoms with van der Waals surface area (Å²) in [6.07, 6.45) is 1.36. The Hall–Kier alpha value is -1.30. The highest BCUT2D eigenvalue weighted by Gasteiger charge is 2.16. The SMILES string of the molecule is COc1cccc(C(C)NC(=O)[C@@H](N)CCCN)c1.Cl. The smallest absolute Gasteiger partial charge is 0.237 e. The summed E-state index contributed by atoms with van der Waals surface area (Å²) in [5.74, 6) is 0.620. The maximum absolute atomic E-state index is 11.9. The zero-order valence-corrected chi connectivity index (χ0v) is 12.8. The average Bonchev–Trinajstić information content (AvgIpc) is 2.44. The molecule has 0 fully saturated rings. The lowest BCUT2D eigenvalue weighted by Gasteiger charge is -2.18. The van der Waals surface area contributed by atoms with Crippen LogP contribution < -0.4 is 21.5 Å². The summed E-state index contributed by atoms with van der Waals surface area (Å²) in [6, 6.07) is 6.99. The summed E-state index contributed by atoms with van der Waals surface area (Å²) in [7, 11) is 1.62. The van der Waals surface area contributed by atoms with Gasteiger partial charge in [0.05, 0.1) is 19.2 Å². The van der Waals surface area contributed by atoms with Crippen molar-refractivity contribution in [2.75, 3.05) is 13.7 Å². The van der Waals surface area contributed by atoms with Gasteiger partial charge in [-0.1, -0.05) is 12.1 Å². The maximum atomic E-state index is 11.9. The van der Waals surface area contributed by atoms with Crippen LogP contribution in [0.3, 0.4) is 0 Å². The van der Waals surface area contributed by atoms with Gasteiger partial charge in [0.1, 0.15) is 5.75 Å². The molecule has 0 bridgehead atoms. The Balaban J connectivity index is 0.00000361. The number of nitrogens with two attached hydrogens (primary N) is 2. The van der Waals surface area contributed by atoms with E-state index in [1.807, 2.05) is 31.2 Å². The van der Waals surface area contributed by atoms with Crippen LogP contribution in [0.25, 0.3) is 0 Å². The molecular weight excluding hydrogens is 278 g/mol.